The highest BCUT2D eigenvalue weighted by Crippen LogP contribution is 2.51. The number of imidazole rings is 1. The van der Waals surface area contributed by atoms with E-state index in [1.54, 1.807) is 32.0 Å². The highest BCUT2D eigenvalue weighted by Gasteiger charge is 2.59. The number of nitrogens with two attached hydrogens (primary N) is 1. The average molecular weight is 586 g/mol. The molecule has 0 aliphatic carbocycles. The fourth-order valence-corrected chi connectivity index (χ4v) is 6.07. The minimum absolute atomic E-state index is 0.170. The van der Waals surface area contributed by atoms with E-state index in [9.17, 15) is 23.7 Å². The summed E-state index contributed by atoms with van der Waals surface area (Å²) in [6.45, 7) is 2.40. The number of ether oxygens (including phenoxy) is 2. The number of nitrogen functional groups attached to an aromatic ring is 1. The lowest BCUT2D eigenvalue weighted by molar-refractivity contribution is -0.151. The normalized spacial score (nSPS) is 25.1. The van der Waals surface area contributed by atoms with Gasteiger partial charge in [0.1, 0.15) is 24.6 Å². The molecule has 0 amide bonds. The molecule has 4 rings (SSSR count). The molecule has 0 bridgehead atoms. The van der Waals surface area contributed by atoms with Gasteiger partial charge in [-0.2, -0.15) is 4.98 Å². The fourth-order valence-electron chi connectivity index (χ4n) is 4.20. The molecule has 16 heteroatoms. The predicted octanol–water partition coefficient (Wildman–Crippen LogP) is 2.51. The van der Waals surface area contributed by atoms with Crippen molar-refractivity contribution in [2.24, 2.45) is 5.92 Å². The number of aliphatic hydroxyl groups excluding tert-OH is 1. The Morgan fingerprint density at radius 2 is 2.02 bits per heavy atom. The maximum Gasteiger partial charge on any atom is 0.380 e. The van der Waals surface area contributed by atoms with Gasteiger partial charge >= 0.3 is 13.6 Å². The average Bonchev–Trinajstić information content (AvgIpc) is 3.42. The molecule has 0 saturated carbocycles. The Hall–Kier alpha value is -3.39. The second kappa shape index (κ2) is 11.6. The van der Waals surface area contributed by atoms with Crippen LogP contribution in [0.25, 0.3) is 11.2 Å². The maximum atomic E-state index is 15.9. The minimum atomic E-state index is -4.16. The molecule has 6 atom stereocenters. The van der Waals surface area contributed by atoms with Crippen LogP contribution in [0.15, 0.2) is 41.5 Å². The van der Waals surface area contributed by atoms with E-state index in [2.05, 4.69) is 15.0 Å². The molecule has 218 valence electrons. The summed E-state index contributed by atoms with van der Waals surface area (Å²) in [5.74, 6) is -1.69. The highest BCUT2D eigenvalue weighted by molar-refractivity contribution is 7.54. The Morgan fingerprint density at radius 1 is 1.32 bits per heavy atom. The number of hydrogen-bond acceptors (Lipinski definition) is 11. The van der Waals surface area contributed by atoms with Gasteiger partial charge in [-0.05, 0) is 26.0 Å². The zero-order valence-electron chi connectivity index (χ0n) is 21.9. The van der Waals surface area contributed by atoms with Crippen molar-refractivity contribution >= 4 is 30.7 Å². The number of aromatic amines is 1. The van der Waals surface area contributed by atoms with Crippen LogP contribution in [0.4, 0.5) is 14.7 Å². The summed E-state index contributed by atoms with van der Waals surface area (Å²) in [6.07, 6.45) is -5.32. The lowest BCUT2D eigenvalue weighted by Gasteiger charge is -2.26. The number of anilines is 1. The second-order valence-electron chi connectivity index (χ2n) is 9.69. The van der Waals surface area contributed by atoms with Gasteiger partial charge in [0.05, 0.1) is 31.1 Å². The number of nitrogens with zero attached hydrogens (tertiary/aromatic N) is 3. The van der Waals surface area contributed by atoms with Crippen LogP contribution >= 0.6 is 7.60 Å². The van der Waals surface area contributed by atoms with Gasteiger partial charge in [-0.1, -0.05) is 25.1 Å². The Bertz CT molecular complexity index is 1450. The Labute approximate surface area is 227 Å². The molecule has 1 aliphatic rings. The first-order valence-electron chi connectivity index (χ1n) is 12.4. The maximum absolute atomic E-state index is 15.9. The lowest BCUT2D eigenvalue weighted by Crippen LogP contribution is -2.45. The number of esters is 1. The van der Waals surface area contributed by atoms with Crippen molar-refractivity contribution in [2.45, 2.75) is 51.0 Å². The van der Waals surface area contributed by atoms with Crippen molar-refractivity contribution in [2.75, 3.05) is 25.2 Å². The smallest absolute Gasteiger partial charge is 0.380 e. The first-order valence-corrected chi connectivity index (χ1v) is 14.1. The van der Waals surface area contributed by atoms with E-state index < -0.39 is 74.7 Å². The third kappa shape index (κ3) is 6.02. The van der Waals surface area contributed by atoms with Gasteiger partial charge in [0.2, 0.25) is 11.6 Å². The summed E-state index contributed by atoms with van der Waals surface area (Å²) in [5.41, 5.74) is 1.43. The number of halogens is 2. The van der Waals surface area contributed by atoms with Crippen LogP contribution in [0.2, 0.25) is 0 Å². The van der Waals surface area contributed by atoms with Crippen LogP contribution in [0.3, 0.4) is 0 Å². The van der Waals surface area contributed by atoms with E-state index in [-0.39, 0.29) is 22.9 Å². The number of aliphatic hydroxyl groups is 1. The zero-order valence-corrected chi connectivity index (χ0v) is 22.8. The third-order valence-corrected chi connectivity index (χ3v) is 8.17. The number of para-hydroxylation sites is 1. The molecule has 3 heterocycles. The standard InChI is InChI=1S/C24H30F2N5O8P/c1-13(2)37-21(34)14(3)10-40(35,39-15-7-5-4-6-8-15)36-9-16-18(32)24(26,11-25)22(38-16)31-12-28-17-19(31)29-23(27)30-20(17)33/h4-8,12-14,16,18,22,32H,9-11H2,1-3H3,(H3,27,29,30,33)/t14-,16-,18+,22-,24?,40?/m1/s1. The van der Waals surface area contributed by atoms with Crippen LogP contribution in [-0.4, -0.2) is 74.0 Å². The summed E-state index contributed by atoms with van der Waals surface area (Å²) in [5, 5.41) is 10.7. The number of carbonyl (C=O) groups is 1. The zero-order chi connectivity index (χ0) is 29.2. The van der Waals surface area contributed by atoms with Crippen molar-refractivity contribution in [3.05, 3.63) is 47.0 Å². The second-order valence-corrected chi connectivity index (χ2v) is 11.7. The Balaban J connectivity index is 1.58. The number of H-pyrrole nitrogens is 1. The molecule has 3 aromatic rings. The Morgan fingerprint density at radius 3 is 2.67 bits per heavy atom. The van der Waals surface area contributed by atoms with Gasteiger partial charge in [0, 0.05) is 0 Å². The molecular weight excluding hydrogens is 555 g/mol. The van der Waals surface area contributed by atoms with E-state index in [1.807, 2.05) is 0 Å². The first-order chi connectivity index (χ1) is 18.9. The minimum Gasteiger partial charge on any atom is -0.463 e. The van der Waals surface area contributed by atoms with E-state index >= 15 is 4.39 Å². The van der Waals surface area contributed by atoms with Crippen LogP contribution < -0.4 is 15.8 Å². The number of carbonyl (C=O) groups excluding carboxylic acids is 1. The molecule has 40 heavy (non-hydrogen) atoms. The van der Waals surface area contributed by atoms with Gasteiger partial charge in [-0.3, -0.25) is 23.7 Å². The van der Waals surface area contributed by atoms with Gasteiger partial charge < -0.3 is 24.8 Å². The molecule has 0 spiro atoms. The summed E-state index contributed by atoms with van der Waals surface area (Å²) < 4.78 is 66.7. The van der Waals surface area contributed by atoms with Crippen molar-refractivity contribution in [1.29, 1.82) is 0 Å². The quantitative estimate of drug-likeness (QED) is 0.222. The molecule has 1 aliphatic heterocycles. The summed E-state index contributed by atoms with van der Waals surface area (Å²) in [6, 6.07) is 8.00. The number of benzene rings is 1. The molecule has 4 N–H and O–H groups in total. The topological polar surface area (TPSA) is 181 Å². The van der Waals surface area contributed by atoms with Crippen LogP contribution in [0.5, 0.6) is 5.75 Å². The Kier molecular flexibility index (Phi) is 8.59. The van der Waals surface area contributed by atoms with E-state index in [4.69, 9.17) is 24.3 Å². The molecule has 1 fully saturated rings. The number of nitrogens with one attached hydrogen (secondary N) is 1. The van der Waals surface area contributed by atoms with Gasteiger partial charge in [0.25, 0.3) is 5.56 Å². The SMILES string of the molecule is CC(C)OC(=O)[C@H](C)CP(=O)(OC[C@H]1O[C@@H](n2cnc3c(=O)[nH]c(N)nc32)C(F)(CF)[C@H]1O)Oc1ccccc1. The summed E-state index contributed by atoms with van der Waals surface area (Å²) in [7, 11) is -4.16. The monoisotopic (exact) mass is 585 g/mol. The van der Waals surface area contributed by atoms with Crippen molar-refractivity contribution in [3.8, 4) is 5.75 Å². The fraction of sp³-hybridized carbons (Fsp3) is 0.500. The molecule has 0 radical (unpaired) electrons. The number of hydrogen-bond donors (Lipinski definition) is 3. The lowest BCUT2D eigenvalue weighted by atomic mass is 9.97. The van der Waals surface area contributed by atoms with Crippen molar-refractivity contribution in [1.82, 2.24) is 19.5 Å². The van der Waals surface area contributed by atoms with Crippen LogP contribution in [-0.2, 0) is 23.4 Å². The van der Waals surface area contributed by atoms with Gasteiger partial charge in [-0.25, -0.2) is 18.3 Å². The van der Waals surface area contributed by atoms with Crippen molar-refractivity contribution < 1.29 is 41.8 Å². The number of rotatable bonds is 11. The van der Waals surface area contributed by atoms with Crippen LogP contribution in [0, 0.1) is 5.92 Å². The molecule has 1 aromatic carbocycles. The summed E-state index contributed by atoms with van der Waals surface area (Å²) in [4.78, 5) is 34.6. The number of alkyl halides is 2. The van der Waals surface area contributed by atoms with Gasteiger partial charge in [0.15, 0.2) is 17.4 Å². The van der Waals surface area contributed by atoms with Crippen LogP contribution in [0.1, 0.15) is 27.0 Å². The van der Waals surface area contributed by atoms with E-state index in [0.717, 1.165) is 10.9 Å². The van der Waals surface area contributed by atoms with E-state index in [0.29, 0.717) is 0 Å². The third-order valence-electron chi connectivity index (χ3n) is 6.14. The number of fused-ring (bicyclic) bond motifs is 1. The predicted molar refractivity (Wildman–Crippen MR) is 138 cm³/mol. The van der Waals surface area contributed by atoms with E-state index in [1.165, 1.54) is 19.1 Å². The van der Waals surface area contributed by atoms with Gasteiger partial charge in [-0.15, -0.1) is 0 Å². The molecule has 2 aromatic heterocycles. The first kappa shape index (κ1) is 29.6. The highest BCUT2D eigenvalue weighted by atomic mass is 31.2. The molecule has 13 nitrogen and oxygen atoms in total. The molecule has 1 saturated heterocycles. The largest absolute Gasteiger partial charge is 0.463 e. The summed E-state index contributed by atoms with van der Waals surface area (Å²) >= 11 is 0. The number of aromatic nitrogens is 4. The van der Waals surface area contributed by atoms with Crippen molar-refractivity contribution in [3.63, 3.8) is 0 Å². The molecular formula is C24H30F2N5O8P. The molecule has 2 unspecified atom stereocenters.